The maximum absolute atomic E-state index is 6.84. The van der Waals surface area contributed by atoms with Gasteiger partial charge in [0.1, 0.15) is 11.2 Å². The molecule has 0 aliphatic heterocycles. The Labute approximate surface area is 351 Å². The maximum atomic E-state index is 6.84. The van der Waals surface area contributed by atoms with Gasteiger partial charge >= 0.3 is 0 Å². The SMILES string of the molecule is c1ccc(C2(c3ccccc3)c3ccccc3-c3c(-c4ccc(-c5cccc6c5oc5ccccc56)c5c4C4(c6ccccc6-5)C5CC6CC(C5)CC4C6)cccc32)cc1. The predicted octanol–water partition coefficient (Wildman–Crippen LogP) is 15.0. The van der Waals surface area contributed by atoms with Crippen LogP contribution in [0.25, 0.3) is 66.4 Å². The first kappa shape index (κ1) is 33.4. The molecule has 4 saturated carbocycles. The molecule has 1 spiro atoms. The second-order valence-electron chi connectivity index (χ2n) is 18.7. The molecule has 8 aromatic carbocycles. The van der Waals surface area contributed by atoms with E-state index in [2.05, 4.69) is 182 Å². The summed E-state index contributed by atoms with van der Waals surface area (Å²) in [5, 5.41) is 2.37. The van der Waals surface area contributed by atoms with E-state index in [9.17, 15) is 0 Å². The predicted molar refractivity (Wildman–Crippen MR) is 245 cm³/mol. The fourth-order valence-electron chi connectivity index (χ4n) is 14.4. The normalized spacial score (nSPS) is 23.5. The number of hydrogen-bond donors (Lipinski definition) is 0. The summed E-state index contributed by atoms with van der Waals surface area (Å²) in [4.78, 5) is 0. The van der Waals surface area contributed by atoms with Crippen molar-refractivity contribution in [1.82, 2.24) is 0 Å². The second kappa shape index (κ2) is 12.1. The molecule has 0 N–H and O–H groups in total. The van der Waals surface area contributed by atoms with Gasteiger partial charge in [0.2, 0.25) is 0 Å². The van der Waals surface area contributed by atoms with Crippen LogP contribution < -0.4 is 0 Å². The van der Waals surface area contributed by atoms with E-state index in [4.69, 9.17) is 4.42 Å². The minimum Gasteiger partial charge on any atom is -0.455 e. The Morgan fingerprint density at radius 1 is 0.367 bits per heavy atom. The summed E-state index contributed by atoms with van der Waals surface area (Å²) in [6.07, 6.45) is 6.78. The Balaban J connectivity index is 1.12. The first-order chi connectivity index (χ1) is 29.7. The molecule has 60 heavy (non-hydrogen) atoms. The van der Waals surface area contributed by atoms with Crippen LogP contribution in [-0.4, -0.2) is 0 Å². The summed E-state index contributed by atoms with van der Waals surface area (Å²) in [6, 6.07) is 69.0. The molecule has 6 aliphatic carbocycles. The van der Waals surface area contributed by atoms with Crippen LogP contribution in [0, 0.1) is 23.7 Å². The summed E-state index contributed by atoms with van der Waals surface area (Å²) < 4.78 is 6.84. The summed E-state index contributed by atoms with van der Waals surface area (Å²) in [5.41, 5.74) is 20.8. The molecule has 0 saturated heterocycles. The van der Waals surface area contributed by atoms with E-state index in [0.717, 1.165) is 23.0 Å². The molecule has 0 amide bonds. The molecule has 286 valence electrons. The van der Waals surface area contributed by atoms with Gasteiger partial charge < -0.3 is 4.42 Å². The Hall–Kier alpha value is -6.44. The first-order valence-electron chi connectivity index (χ1n) is 22.3. The highest BCUT2D eigenvalue weighted by Gasteiger charge is 2.62. The van der Waals surface area contributed by atoms with Crippen LogP contribution in [0.15, 0.2) is 186 Å². The third-order valence-corrected chi connectivity index (χ3v) is 16.2. The molecule has 1 heterocycles. The summed E-state index contributed by atoms with van der Waals surface area (Å²) >= 11 is 0. The molecular formula is C59H44O. The highest BCUT2D eigenvalue weighted by atomic mass is 16.3. The van der Waals surface area contributed by atoms with Crippen molar-refractivity contribution in [2.24, 2.45) is 23.7 Å². The topological polar surface area (TPSA) is 13.1 Å². The van der Waals surface area contributed by atoms with Gasteiger partial charge in [0.05, 0.1) is 5.41 Å². The van der Waals surface area contributed by atoms with Crippen LogP contribution in [0.3, 0.4) is 0 Å². The Bertz CT molecular complexity index is 3150. The van der Waals surface area contributed by atoms with Crippen LogP contribution in [0.5, 0.6) is 0 Å². The number of hydrogen-bond acceptors (Lipinski definition) is 1. The van der Waals surface area contributed by atoms with Gasteiger partial charge in [0.25, 0.3) is 0 Å². The Morgan fingerprint density at radius 2 is 0.883 bits per heavy atom. The van der Waals surface area contributed by atoms with Gasteiger partial charge in [-0.1, -0.05) is 176 Å². The minimum absolute atomic E-state index is 0.0384. The maximum Gasteiger partial charge on any atom is 0.143 e. The van der Waals surface area contributed by atoms with E-state index in [1.165, 1.54) is 110 Å². The highest BCUT2D eigenvalue weighted by Crippen LogP contribution is 2.72. The van der Waals surface area contributed by atoms with Crippen molar-refractivity contribution in [1.29, 1.82) is 0 Å². The number of rotatable bonds is 4. The Kier molecular flexibility index (Phi) is 6.72. The third-order valence-electron chi connectivity index (χ3n) is 16.2. The standard InChI is InChI=1S/C59H44O/c1-3-15-38(16-4-1)58(39-17-5-2-6-18-39)50-25-10-7-20-48(50)54-43(22-14-27-52(54)58)45-30-29-44(47-24-13-23-46-42-19-9-12-28-53(42)60-57(46)47)55-49-21-8-11-26-51(49)59(56(45)55)40-32-36-31-37(34-40)35-41(59)33-36/h1-30,36-37,40-41H,31-35H2. The molecule has 1 nitrogen and oxygen atoms in total. The van der Waals surface area contributed by atoms with Gasteiger partial charge in [-0.2, -0.15) is 0 Å². The quantitative estimate of drug-likeness (QED) is 0.174. The van der Waals surface area contributed by atoms with Crippen LogP contribution >= 0.6 is 0 Å². The van der Waals surface area contributed by atoms with Crippen molar-refractivity contribution in [2.45, 2.75) is 42.9 Å². The van der Waals surface area contributed by atoms with E-state index >= 15 is 0 Å². The van der Waals surface area contributed by atoms with Gasteiger partial charge in [-0.3, -0.25) is 0 Å². The van der Waals surface area contributed by atoms with Crippen molar-refractivity contribution >= 4 is 21.9 Å². The molecular weight excluding hydrogens is 725 g/mol. The fraction of sp³-hybridized carbons (Fsp3) is 0.186. The lowest BCUT2D eigenvalue weighted by Gasteiger charge is -2.61. The number of fused-ring (bicyclic) bond motifs is 9. The van der Waals surface area contributed by atoms with Gasteiger partial charge in [0.15, 0.2) is 0 Å². The molecule has 4 fully saturated rings. The average molecular weight is 769 g/mol. The minimum atomic E-state index is -0.451. The van der Waals surface area contributed by atoms with Crippen molar-refractivity contribution in [3.05, 3.63) is 215 Å². The summed E-state index contributed by atoms with van der Waals surface area (Å²) in [7, 11) is 0. The molecule has 9 aromatic rings. The summed E-state index contributed by atoms with van der Waals surface area (Å²) in [5.74, 6) is 2.97. The molecule has 0 radical (unpaired) electrons. The van der Waals surface area contributed by atoms with E-state index < -0.39 is 5.41 Å². The van der Waals surface area contributed by atoms with Gasteiger partial charge in [-0.05, 0) is 134 Å². The monoisotopic (exact) mass is 768 g/mol. The van der Waals surface area contributed by atoms with Crippen LogP contribution in [0.4, 0.5) is 0 Å². The largest absolute Gasteiger partial charge is 0.455 e. The molecule has 15 rings (SSSR count). The van der Waals surface area contributed by atoms with E-state index in [1.54, 1.807) is 11.1 Å². The van der Waals surface area contributed by atoms with Crippen molar-refractivity contribution in [3.63, 3.8) is 0 Å². The zero-order valence-corrected chi connectivity index (χ0v) is 33.6. The molecule has 1 aromatic heterocycles. The second-order valence-corrected chi connectivity index (χ2v) is 18.7. The first-order valence-corrected chi connectivity index (χ1v) is 22.3. The molecule has 1 heteroatoms. The summed E-state index contributed by atoms with van der Waals surface area (Å²) in [6.45, 7) is 0. The third kappa shape index (κ3) is 4.09. The zero-order chi connectivity index (χ0) is 39.2. The fourth-order valence-corrected chi connectivity index (χ4v) is 14.4. The van der Waals surface area contributed by atoms with Crippen LogP contribution in [-0.2, 0) is 10.8 Å². The molecule has 4 bridgehead atoms. The van der Waals surface area contributed by atoms with Crippen LogP contribution in [0.2, 0.25) is 0 Å². The van der Waals surface area contributed by atoms with Gasteiger partial charge in [0, 0.05) is 21.8 Å². The van der Waals surface area contributed by atoms with Crippen molar-refractivity contribution in [2.75, 3.05) is 0 Å². The lowest BCUT2D eigenvalue weighted by molar-refractivity contribution is -0.0397. The van der Waals surface area contributed by atoms with Crippen molar-refractivity contribution in [3.8, 4) is 44.5 Å². The number of benzene rings is 8. The smallest absolute Gasteiger partial charge is 0.143 e. The Morgan fingerprint density at radius 3 is 1.62 bits per heavy atom. The zero-order valence-electron chi connectivity index (χ0n) is 33.6. The average Bonchev–Trinajstić information content (AvgIpc) is 3.94. The van der Waals surface area contributed by atoms with Gasteiger partial charge in [-0.25, -0.2) is 0 Å². The van der Waals surface area contributed by atoms with E-state index in [1.807, 2.05) is 0 Å². The molecule has 0 unspecified atom stereocenters. The molecule has 6 aliphatic rings. The van der Waals surface area contributed by atoms with Crippen LogP contribution in [0.1, 0.15) is 65.5 Å². The lowest BCUT2D eigenvalue weighted by Crippen LogP contribution is -2.55. The van der Waals surface area contributed by atoms with Gasteiger partial charge in [-0.15, -0.1) is 0 Å². The van der Waals surface area contributed by atoms with E-state index in [-0.39, 0.29) is 5.41 Å². The highest BCUT2D eigenvalue weighted by molar-refractivity contribution is 6.12. The number of para-hydroxylation sites is 2. The lowest BCUT2D eigenvalue weighted by atomic mass is 9.42. The van der Waals surface area contributed by atoms with E-state index in [0.29, 0.717) is 11.8 Å². The van der Waals surface area contributed by atoms with Crippen molar-refractivity contribution < 1.29 is 4.42 Å². The number of furan rings is 1. The molecule has 0 atom stereocenters.